The van der Waals surface area contributed by atoms with Crippen molar-refractivity contribution in [2.45, 2.75) is 25.9 Å². The molecule has 0 amide bonds. The maximum atomic E-state index is 11.9. The van der Waals surface area contributed by atoms with E-state index in [1.807, 2.05) is 19.1 Å². The molecular weight excluding hydrogens is 205 g/mol. The summed E-state index contributed by atoms with van der Waals surface area (Å²) in [6.07, 6.45) is 4.21. The van der Waals surface area contributed by atoms with Crippen molar-refractivity contribution in [3.05, 3.63) is 35.6 Å². The molecule has 0 radical (unpaired) electrons. The van der Waals surface area contributed by atoms with Crippen LogP contribution in [0.15, 0.2) is 35.6 Å². The van der Waals surface area contributed by atoms with Crippen LogP contribution in [0, 0.1) is 0 Å². The molecule has 0 aliphatic heterocycles. The first-order valence-corrected chi connectivity index (χ1v) is 4.78. The first-order chi connectivity index (χ1) is 7.01. The normalized spacial score (nSPS) is 16.8. The lowest BCUT2D eigenvalue weighted by Crippen LogP contribution is -2.16. The van der Waals surface area contributed by atoms with Gasteiger partial charge in [-0.2, -0.15) is 13.2 Å². The largest absolute Gasteiger partial charge is 0.484 e. The Morgan fingerprint density at radius 2 is 2.13 bits per heavy atom. The molecule has 0 unspecified atom stereocenters. The second kappa shape index (κ2) is 5.05. The summed E-state index contributed by atoms with van der Waals surface area (Å²) in [5.41, 5.74) is 0.973. The van der Waals surface area contributed by atoms with Crippen LogP contribution in [0.25, 0.3) is 0 Å². The number of rotatable bonds is 3. The fourth-order valence-corrected chi connectivity index (χ4v) is 1.18. The third kappa shape index (κ3) is 4.72. The predicted molar refractivity (Wildman–Crippen MR) is 52.2 cm³/mol. The van der Waals surface area contributed by atoms with E-state index < -0.39 is 12.8 Å². The van der Waals surface area contributed by atoms with Gasteiger partial charge in [-0.05, 0) is 30.6 Å². The van der Waals surface area contributed by atoms with Crippen LogP contribution in [-0.4, -0.2) is 12.8 Å². The summed E-state index contributed by atoms with van der Waals surface area (Å²) in [6, 6.07) is 0. The van der Waals surface area contributed by atoms with Crippen LogP contribution in [-0.2, 0) is 4.74 Å². The Morgan fingerprint density at radius 1 is 1.40 bits per heavy atom. The monoisotopic (exact) mass is 218 g/mol. The van der Waals surface area contributed by atoms with Crippen molar-refractivity contribution in [3.63, 3.8) is 0 Å². The molecule has 0 atom stereocenters. The van der Waals surface area contributed by atoms with E-state index in [0.29, 0.717) is 12.2 Å². The first-order valence-electron chi connectivity index (χ1n) is 4.78. The van der Waals surface area contributed by atoms with Crippen LogP contribution in [0.1, 0.15) is 19.8 Å². The summed E-state index contributed by atoms with van der Waals surface area (Å²) in [4.78, 5) is 0. The predicted octanol–water partition coefficient (Wildman–Crippen LogP) is 3.75. The number of hydrogen-bond donors (Lipinski definition) is 0. The van der Waals surface area contributed by atoms with Gasteiger partial charge in [0.25, 0.3) is 0 Å². The van der Waals surface area contributed by atoms with Gasteiger partial charge in [0.2, 0.25) is 0 Å². The fraction of sp³-hybridized carbons (Fsp3) is 0.455. The second-order valence-electron chi connectivity index (χ2n) is 3.22. The zero-order valence-corrected chi connectivity index (χ0v) is 8.47. The smallest absolute Gasteiger partial charge is 0.422 e. The van der Waals surface area contributed by atoms with Crippen molar-refractivity contribution in [2.75, 3.05) is 6.61 Å². The molecule has 1 rings (SSSR count). The average Bonchev–Trinajstić information content (AvgIpc) is 2.38. The van der Waals surface area contributed by atoms with Gasteiger partial charge in [-0.1, -0.05) is 19.1 Å². The number of hydrogen-bond acceptors (Lipinski definition) is 1. The molecule has 0 saturated carbocycles. The van der Waals surface area contributed by atoms with Gasteiger partial charge >= 0.3 is 6.18 Å². The molecule has 15 heavy (non-hydrogen) atoms. The topological polar surface area (TPSA) is 9.23 Å². The Hall–Kier alpha value is -1.19. The van der Waals surface area contributed by atoms with Crippen molar-refractivity contribution in [3.8, 4) is 0 Å². The van der Waals surface area contributed by atoms with Gasteiger partial charge in [0, 0.05) is 0 Å². The van der Waals surface area contributed by atoms with Gasteiger partial charge in [0.15, 0.2) is 6.61 Å². The Bertz CT molecular complexity index is 297. The number of ether oxygens (including phenoxy) is 1. The summed E-state index contributed by atoms with van der Waals surface area (Å²) in [7, 11) is 0. The Morgan fingerprint density at radius 3 is 2.73 bits per heavy atom. The molecular formula is C11H13F3O. The molecule has 1 nitrogen and oxygen atoms in total. The molecule has 1 aliphatic rings. The molecule has 0 N–H and O–H groups in total. The second-order valence-corrected chi connectivity index (χ2v) is 3.22. The maximum Gasteiger partial charge on any atom is 0.422 e. The van der Waals surface area contributed by atoms with E-state index in [4.69, 9.17) is 0 Å². The molecule has 0 bridgehead atoms. The minimum atomic E-state index is -4.28. The summed E-state index contributed by atoms with van der Waals surface area (Å²) in [5, 5.41) is 0. The lowest BCUT2D eigenvalue weighted by Gasteiger charge is -2.09. The highest BCUT2D eigenvalue weighted by Crippen LogP contribution is 2.19. The van der Waals surface area contributed by atoms with Gasteiger partial charge in [0.1, 0.15) is 5.76 Å². The third-order valence-electron chi connectivity index (χ3n) is 1.93. The van der Waals surface area contributed by atoms with E-state index in [2.05, 4.69) is 4.74 Å². The highest BCUT2D eigenvalue weighted by Gasteiger charge is 2.28. The van der Waals surface area contributed by atoms with Crippen molar-refractivity contribution >= 4 is 0 Å². The van der Waals surface area contributed by atoms with Crippen LogP contribution in [0.4, 0.5) is 13.2 Å². The van der Waals surface area contributed by atoms with Gasteiger partial charge in [-0.15, -0.1) is 0 Å². The maximum absolute atomic E-state index is 11.9. The van der Waals surface area contributed by atoms with E-state index in [1.54, 1.807) is 12.2 Å². The molecule has 0 fully saturated rings. The fourth-order valence-electron chi connectivity index (χ4n) is 1.18. The van der Waals surface area contributed by atoms with Crippen molar-refractivity contribution in [1.29, 1.82) is 0 Å². The lowest BCUT2D eigenvalue weighted by atomic mass is 10.2. The molecule has 0 aromatic carbocycles. The highest BCUT2D eigenvalue weighted by molar-refractivity contribution is 5.30. The van der Waals surface area contributed by atoms with Gasteiger partial charge in [-0.25, -0.2) is 0 Å². The molecule has 4 heteroatoms. The standard InChI is InChI=1S/C11H13F3O/c1-2-9-5-3-4-6-10(7-9)15-8-11(12,13)14/h3,5-7H,2,4,8H2,1H3. The molecule has 1 aliphatic carbocycles. The van der Waals surface area contributed by atoms with Gasteiger partial charge in [0.05, 0.1) is 0 Å². The Kier molecular flexibility index (Phi) is 4.00. The zero-order valence-electron chi connectivity index (χ0n) is 8.47. The van der Waals surface area contributed by atoms with Crippen LogP contribution in [0.3, 0.4) is 0 Å². The molecule has 0 heterocycles. The van der Waals surface area contributed by atoms with E-state index in [-0.39, 0.29) is 0 Å². The van der Waals surface area contributed by atoms with E-state index in [0.717, 1.165) is 12.0 Å². The number of halogens is 3. The summed E-state index contributed by atoms with van der Waals surface area (Å²) >= 11 is 0. The summed E-state index contributed by atoms with van der Waals surface area (Å²) in [6.45, 7) is 0.717. The van der Waals surface area contributed by atoms with Gasteiger partial charge in [-0.3, -0.25) is 0 Å². The van der Waals surface area contributed by atoms with Crippen LogP contribution < -0.4 is 0 Å². The van der Waals surface area contributed by atoms with E-state index in [9.17, 15) is 13.2 Å². The van der Waals surface area contributed by atoms with Gasteiger partial charge < -0.3 is 4.74 Å². The van der Waals surface area contributed by atoms with E-state index in [1.165, 1.54) is 0 Å². The zero-order chi connectivity index (χ0) is 11.3. The Balaban J connectivity index is 2.59. The molecule has 0 saturated heterocycles. The van der Waals surface area contributed by atoms with Crippen LogP contribution in [0.5, 0.6) is 0 Å². The van der Waals surface area contributed by atoms with Crippen LogP contribution >= 0.6 is 0 Å². The van der Waals surface area contributed by atoms with Crippen LogP contribution in [0.2, 0.25) is 0 Å². The summed E-state index contributed by atoms with van der Waals surface area (Å²) in [5.74, 6) is 0.300. The molecule has 0 aromatic heterocycles. The number of alkyl halides is 3. The minimum Gasteiger partial charge on any atom is -0.484 e. The van der Waals surface area contributed by atoms with Crippen molar-refractivity contribution in [1.82, 2.24) is 0 Å². The highest BCUT2D eigenvalue weighted by atomic mass is 19.4. The Labute approximate surface area is 86.9 Å². The number of allylic oxidation sites excluding steroid dienone is 5. The minimum absolute atomic E-state index is 0.300. The SMILES string of the molecule is CCC1=CC(OCC(F)(F)F)=CCC=C1. The van der Waals surface area contributed by atoms with E-state index >= 15 is 0 Å². The van der Waals surface area contributed by atoms with Crippen molar-refractivity contribution in [2.24, 2.45) is 0 Å². The lowest BCUT2D eigenvalue weighted by molar-refractivity contribution is -0.163. The molecule has 0 aromatic rings. The van der Waals surface area contributed by atoms with Crippen molar-refractivity contribution < 1.29 is 17.9 Å². The molecule has 84 valence electrons. The quantitative estimate of drug-likeness (QED) is 0.701. The summed E-state index contributed by atoms with van der Waals surface area (Å²) < 4.78 is 40.4. The first kappa shape index (κ1) is 11.9. The third-order valence-corrected chi connectivity index (χ3v) is 1.93. The average molecular weight is 218 g/mol. The molecule has 0 spiro atoms.